The Balaban J connectivity index is 1.54. The molecule has 6 nitrogen and oxygen atoms in total. The van der Waals surface area contributed by atoms with E-state index in [0.29, 0.717) is 18.9 Å². The number of rotatable bonds is 8. The zero-order chi connectivity index (χ0) is 21.7. The number of amides is 1. The molecule has 0 radical (unpaired) electrons. The molecule has 1 N–H and O–H groups in total. The van der Waals surface area contributed by atoms with Gasteiger partial charge in [0.1, 0.15) is 18.2 Å². The van der Waals surface area contributed by atoms with E-state index in [9.17, 15) is 9.18 Å². The van der Waals surface area contributed by atoms with E-state index in [4.69, 9.17) is 4.74 Å². The van der Waals surface area contributed by atoms with Gasteiger partial charge in [0.25, 0.3) is 0 Å². The van der Waals surface area contributed by atoms with E-state index in [0.717, 1.165) is 22.8 Å². The number of likely N-dealkylation sites (N-methyl/N-ethyl adjacent to an activating group) is 1. The van der Waals surface area contributed by atoms with E-state index in [1.54, 1.807) is 12.1 Å². The highest BCUT2D eigenvalue weighted by Crippen LogP contribution is 2.23. The second kappa shape index (κ2) is 9.54. The Bertz CT molecular complexity index is 997. The first kappa shape index (κ1) is 21.5. The fourth-order valence-corrected chi connectivity index (χ4v) is 3.11. The second-order valence-corrected chi connectivity index (χ2v) is 7.38. The number of benzene rings is 2. The predicted molar refractivity (Wildman–Crippen MR) is 116 cm³/mol. The molecule has 0 atom stereocenters. The van der Waals surface area contributed by atoms with Crippen molar-refractivity contribution in [1.82, 2.24) is 14.7 Å². The minimum absolute atomic E-state index is 0.117. The number of carbonyl (C=O) groups excluding carboxylic acids is 1. The number of hydrogen-bond donors (Lipinski definition) is 1. The summed E-state index contributed by atoms with van der Waals surface area (Å²) >= 11 is 0. The van der Waals surface area contributed by atoms with Crippen molar-refractivity contribution in [2.45, 2.75) is 20.8 Å². The molecule has 0 saturated heterocycles. The van der Waals surface area contributed by atoms with Crippen LogP contribution < -0.4 is 10.1 Å². The smallest absolute Gasteiger partial charge is 0.238 e. The third kappa shape index (κ3) is 5.45. The molecular weight excluding hydrogens is 383 g/mol. The van der Waals surface area contributed by atoms with Crippen LogP contribution in [0.5, 0.6) is 5.75 Å². The van der Waals surface area contributed by atoms with Crippen LogP contribution in [0.4, 0.5) is 10.1 Å². The van der Waals surface area contributed by atoms with Crippen LogP contribution in [-0.4, -0.2) is 47.3 Å². The first-order chi connectivity index (χ1) is 14.3. The predicted octanol–water partition coefficient (Wildman–Crippen LogP) is 3.89. The van der Waals surface area contributed by atoms with Gasteiger partial charge in [0, 0.05) is 6.54 Å². The minimum atomic E-state index is -0.299. The fourth-order valence-electron chi connectivity index (χ4n) is 3.11. The molecule has 0 aliphatic rings. The summed E-state index contributed by atoms with van der Waals surface area (Å²) in [5.74, 6) is 0.186. The molecular formula is C23H27FN4O2. The lowest BCUT2D eigenvalue weighted by Gasteiger charge is -2.17. The largest absolute Gasteiger partial charge is 0.492 e. The van der Waals surface area contributed by atoms with E-state index in [2.05, 4.69) is 10.4 Å². The van der Waals surface area contributed by atoms with Crippen LogP contribution in [-0.2, 0) is 4.79 Å². The van der Waals surface area contributed by atoms with Gasteiger partial charge in [0.2, 0.25) is 5.91 Å². The summed E-state index contributed by atoms with van der Waals surface area (Å²) in [6.45, 7) is 7.05. The normalized spacial score (nSPS) is 11.0. The van der Waals surface area contributed by atoms with E-state index < -0.39 is 0 Å². The first-order valence-corrected chi connectivity index (χ1v) is 9.83. The maximum atomic E-state index is 12.9. The Kier molecular flexibility index (Phi) is 6.84. The number of ether oxygens (including phenoxy) is 1. The monoisotopic (exact) mass is 410 g/mol. The SMILES string of the molecule is Cc1ccc(-n2nc(C)c(NC(=O)CN(C)CCOc3ccc(F)cc3)c2C)cc1. The van der Waals surface area contributed by atoms with Gasteiger partial charge in [-0.3, -0.25) is 9.69 Å². The van der Waals surface area contributed by atoms with Crippen molar-refractivity contribution in [3.05, 3.63) is 71.3 Å². The molecule has 0 bridgehead atoms. The number of nitrogens with zero attached hydrogens (tertiary/aromatic N) is 3. The molecule has 3 rings (SSSR count). The molecule has 0 aliphatic heterocycles. The topological polar surface area (TPSA) is 59.4 Å². The molecule has 7 heteroatoms. The Morgan fingerprint density at radius 2 is 1.77 bits per heavy atom. The van der Waals surface area contributed by atoms with Crippen molar-refractivity contribution >= 4 is 11.6 Å². The van der Waals surface area contributed by atoms with Gasteiger partial charge >= 0.3 is 0 Å². The van der Waals surface area contributed by atoms with Crippen LogP contribution in [0.15, 0.2) is 48.5 Å². The molecule has 0 unspecified atom stereocenters. The molecule has 2 aromatic carbocycles. The van der Waals surface area contributed by atoms with Crippen LogP contribution in [0.1, 0.15) is 17.0 Å². The molecule has 0 fully saturated rings. The lowest BCUT2D eigenvalue weighted by atomic mass is 10.2. The van der Waals surface area contributed by atoms with Gasteiger partial charge in [-0.2, -0.15) is 5.10 Å². The van der Waals surface area contributed by atoms with Gasteiger partial charge in [-0.1, -0.05) is 17.7 Å². The Hall–Kier alpha value is -3.19. The quantitative estimate of drug-likeness (QED) is 0.612. The van der Waals surface area contributed by atoms with Crippen molar-refractivity contribution in [2.24, 2.45) is 0 Å². The summed E-state index contributed by atoms with van der Waals surface area (Å²) in [5, 5.41) is 7.55. The molecule has 158 valence electrons. The first-order valence-electron chi connectivity index (χ1n) is 9.83. The standard InChI is InChI=1S/C23H27FN4O2/c1-16-5-9-20(10-6-16)28-18(3)23(17(2)26-28)25-22(29)15-27(4)13-14-30-21-11-7-19(24)8-12-21/h5-12H,13-15H2,1-4H3,(H,25,29). The molecule has 3 aromatic rings. The summed E-state index contributed by atoms with van der Waals surface area (Å²) < 4.78 is 20.3. The lowest BCUT2D eigenvalue weighted by Crippen LogP contribution is -2.33. The maximum Gasteiger partial charge on any atom is 0.238 e. The summed E-state index contributed by atoms with van der Waals surface area (Å²) in [7, 11) is 1.85. The highest BCUT2D eigenvalue weighted by molar-refractivity contribution is 5.93. The lowest BCUT2D eigenvalue weighted by molar-refractivity contribution is -0.117. The number of anilines is 1. The van der Waals surface area contributed by atoms with Gasteiger partial charge in [-0.05, 0) is 64.2 Å². The molecule has 0 saturated carbocycles. The van der Waals surface area contributed by atoms with Crippen molar-refractivity contribution in [3.63, 3.8) is 0 Å². The van der Waals surface area contributed by atoms with Gasteiger partial charge in [-0.25, -0.2) is 9.07 Å². The van der Waals surface area contributed by atoms with Gasteiger partial charge in [0.15, 0.2) is 0 Å². The van der Waals surface area contributed by atoms with Gasteiger partial charge < -0.3 is 10.1 Å². The number of aryl methyl sites for hydroxylation is 2. The van der Waals surface area contributed by atoms with E-state index in [1.165, 1.54) is 17.7 Å². The summed E-state index contributed by atoms with van der Waals surface area (Å²) in [6.07, 6.45) is 0. The van der Waals surface area contributed by atoms with E-state index in [-0.39, 0.29) is 18.3 Å². The second-order valence-electron chi connectivity index (χ2n) is 7.38. The number of hydrogen-bond acceptors (Lipinski definition) is 4. The molecule has 0 aliphatic carbocycles. The molecule has 1 heterocycles. The summed E-state index contributed by atoms with van der Waals surface area (Å²) in [5.41, 5.74) is 4.52. The number of nitrogens with one attached hydrogen (secondary N) is 1. The average molecular weight is 410 g/mol. The number of aromatic nitrogens is 2. The van der Waals surface area contributed by atoms with Crippen LogP contribution in [0.25, 0.3) is 5.69 Å². The van der Waals surface area contributed by atoms with Gasteiger partial charge in [0.05, 0.1) is 29.3 Å². The third-order valence-corrected chi connectivity index (χ3v) is 4.80. The number of halogens is 1. The van der Waals surface area contributed by atoms with E-state index in [1.807, 2.05) is 61.7 Å². The third-order valence-electron chi connectivity index (χ3n) is 4.80. The van der Waals surface area contributed by atoms with Crippen molar-refractivity contribution in [2.75, 3.05) is 32.1 Å². The number of carbonyl (C=O) groups is 1. The summed E-state index contributed by atoms with van der Waals surface area (Å²) in [4.78, 5) is 14.4. The zero-order valence-corrected chi connectivity index (χ0v) is 17.8. The highest BCUT2D eigenvalue weighted by atomic mass is 19.1. The van der Waals surface area contributed by atoms with E-state index >= 15 is 0 Å². The maximum absolute atomic E-state index is 12.9. The molecule has 30 heavy (non-hydrogen) atoms. The highest BCUT2D eigenvalue weighted by Gasteiger charge is 2.16. The summed E-state index contributed by atoms with van der Waals surface area (Å²) in [6, 6.07) is 14.0. The Labute approximate surface area is 176 Å². The Morgan fingerprint density at radius 3 is 2.43 bits per heavy atom. The minimum Gasteiger partial charge on any atom is -0.492 e. The van der Waals surface area contributed by atoms with Gasteiger partial charge in [-0.15, -0.1) is 0 Å². The van der Waals surface area contributed by atoms with Crippen molar-refractivity contribution < 1.29 is 13.9 Å². The average Bonchev–Trinajstić information content (AvgIpc) is 2.98. The molecule has 0 spiro atoms. The van der Waals surface area contributed by atoms with Crippen LogP contribution in [0.3, 0.4) is 0 Å². The van der Waals surface area contributed by atoms with Crippen molar-refractivity contribution in [1.29, 1.82) is 0 Å². The van der Waals surface area contributed by atoms with Crippen LogP contribution in [0, 0.1) is 26.6 Å². The molecule has 1 aromatic heterocycles. The van der Waals surface area contributed by atoms with Crippen LogP contribution >= 0.6 is 0 Å². The zero-order valence-electron chi connectivity index (χ0n) is 17.8. The fraction of sp³-hybridized carbons (Fsp3) is 0.304. The molecule has 1 amide bonds. The van der Waals surface area contributed by atoms with Crippen LogP contribution in [0.2, 0.25) is 0 Å². The Morgan fingerprint density at radius 1 is 1.10 bits per heavy atom. The van der Waals surface area contributed by atoms with Crippen molar-refractivity contribution in [3.8, 4) is 11.4 Å².